The second kappa shape index (κ2) is 7.45. The van der Waals surface area contributed by atoms with Gasteiger partial charge in [0.15, 0.2) is 5.76 Å². The third-order valence-corrected chi connectivity index (χ3v) is 3.30. The summed E-state index contributed by atoms with van der Waals surface area (Å²) in [5.41, 5.74) is 0.788. The number of esters is 2. The molecule has 0 radical (unpaired) electrons. The molecule has 1 heterocycles. The van der Waals surface area contributed by atoms with Gasteiger partial charge in [0, 0.05) is 13.3 Å². The number of allylic oxidation sites excluding steroid dienone is 1. The standard InChI is InChI=1S/C17H17NO5/c1-3-21-17(20)13-8-15(10-18)23-16(9-13)12-4-6-14(7-5-12)22-11(2)19/h4-8,13,16H,3,9H2,1-2H3/t13-,16+/m1/s1. The minimum atomic E-state index is -0.517. The highest BCUT2D eigenvalue weighted by atomic mass is 16.5. The maximum absolute atomic E-state index is 11.9. The van der Waals surface area contributed by atoms with Gasteiger partial charge >= 0.3 is 11.9 Å². The van der Waals surface area contributed by atoms with Crippen LogP contribution in [0.15, 0.2) is 36.1 Å². The summed E-state index contributed by atoms with van der Waals surface area (Å²) in [7, 11) is 0. The first-order valence-electron chi connectivity index (χ1n) is 7.27. The number of hydrogen-bond acceptors (Lipinski definition) is 6. The van der Waals surface area contributed by atoms with Crippen molar-refractivity contribution in [3.63, 3.8) is 0 Å². The van der Waals surface area contributed by atoms with Gasteiger partial charge in [-0.3, -0.25) is 9.59 Å². The average molecular weight is 315 g/mol. The van der Waals surface area contributed by atoms with E-state index >= 15 is 0 Å². The lowest BCUT2D eigenvalue weighted by atomic mass is 9.93. The molecule has 2 atom stereocenters. The van der Waals surface area contributed by atoms with E-state index in [2.05, 4.69) is 0 Å². The molecule has 0 spiro atoms. The SMILES string of the molecule is CCOC(=O)[C@@H]1C=C(C#N)O[C@H](c2ccc(OC(C)=O)cc2)C1. The van der Waals surface area contributed by atoms with E-state index in [9.17, 15) is 9.59 Å². The zero-order valence-corrected chi connectivity index (χ0v) is 12.9. The molecule has 0 unspecified atom stereocenters. The summed E-state index contributed by atoms with van der Waals surface area (Å²) in [4.78, 5) is 22.8. The van der Waals surface area contributed by atoms with Crippen LogP contribution in [0.1, 0.15) is 31.9 Å². The lowest BCUT2D eigenvalue weighted by molar-refractivity contribution is -0.148. The molecule has 0 amide bonds. The fourth-order valence-corrected chi connectivity index (χ4v) is 2.32. The number of nitrogens with zero attached hydrogens (tertiary/aromatic N) is 1. The zero-order chi connectivity index (χ0) is 16.8. The number of hydrogen-bond donors (Lipinski definition) is 0. The van der Waals surface area contributed by atoms with Gasteiger partial charge in [0.25, 0.3) is 0 Å². The van der Waals surface area contributed by atoms with Crippen molar-refractivity contribution in [2.24, 2.45) is 5.92 Å². The normalized spacial score (nSPS) is 19.8. The smallest absolute Gasteiger partial charge is 0.313 e. The Hall–Kier alpha value is -2.81. The van der Waals surface area contributed by atoms with Gasteiger partial charge in [-0.1, -0.05) is 12.1 Å². The van der Waals surface area contributed by atoms with E-state index in [0.717, 1.165) is 5.56 Å². The fraction of sp³-hybridized carbons (Fsp3) is 0.353. The molecule has 0 saturated heterocycles. The molecular weight excluding hydrogens is 298 g/mol. The number of carbonyl (C=O) groups excluding carboxylic acids is 2. The number of carbonyl (C=O) groups is 2. The monoisotopic (exact) mass is 315 g/mol. The fourth-order valence-electron chi connectivity index (χ4n) is 2.32. The highest BCUT2D eigenvalue weighted by molar-refractivity contribution is 5.75. The van der Waals surface area contributed by atoms with Gasteiger partial charge in [-0.05, 0) is 30.7 Å². The molecule has 6 nitrogen and oxygen atoms in total. The summed E-state index contributed by atoms with van der Waals surface area (Å²) < 4.78 is 15.6. The van der Waals surface area contributed by atoms with E-state index in [1.807, 2.05) is 6.07 Å². The van der Waals surface area contributed by atoms with E-state index < -0.39 is 18.0 Å². The Kier molecular flexibility index (Phi) is 5.36. The van der Waals surface area contributed by atoms with Crippen molar-refractivity contribution in [2.75, 3.05) is 6.61 Å². The zero-order valence-electron chi connectivity index (χ0n) is 12.9. The molecule has 0 saturated carbocycles. The second-order valence-electron chi connectivity index (χ2n) is 5.01. The summed E-state index contributed by atoms with van der Waals surface area (Å²) in [6.45, 7) is 3.34. The number of nitriles is 1. The molecular formula is C17H17NO5. The summed E-state index contributed by atoms with van der Waals surface area (Å²) in [5.74, 6) is -0.760. The predicted octanol–water partition coefficient (Wildman–Crippen LogP) is 2.66. The van der Waals surface area contributed by atoms with Gasteiger partial charge < -0.3 is 14.2 Å². The maximum atomic E-state index is 11.9. The van der Waals surface area contributed by atoms with Crippen molar-refractivity contribution < 1.29 is 23.8 Å². The first kappa shape index (κ1) is 16.6. The van der Waals surface area contributed by atoms with Crippen molar-refractivity contribution in [1.82, 2.24) is 0 Å². The molecule has 0 fully saturated rings. The minimum Gasteiger partial charge on any atom is -0.476 e. The summed E-state index contributed by atoms with van der Waals surface area (Å²) in [5, 5.41) is 9.08. The van der Waals surface area contributed by atoms with Crippen LogP contribution in [0.4, 0.5) is 0 Å². The Bertz CT molecular complexity index is 657. The van der Waals surface area contributed by atoms with Crippen molar-refractivity contribution in [3.8, 4) is 11.8 Å². The van der Waals surface area contributed by atoms with Crippen LogP contribution in [0, 0.1) is 17.2 Å². The van der Waals surface area contributed by atoms with Crippen LogP contribution in [0.5, 0.6) is 5.75 Å². The second-order valence-corrected chi connectivity index (χ2v) is 5.01. The molecule has 120 valence electrons. The van der Waals surface area contributed by atoms with E-state index in [0.29, 0.717) is 12.2 Å². The predicted molar refractivity (Wildman–Crippen MR) is 80.0 cm³/mol. The highest BCUT2D eigenvalue weighted by Gasteiger charge is 2.30. The van der Waals surface area contributed by atoms with Gasteiger partial charge in [0.1, 0.15) is 17.9 Å². The third kappa shape index (κ3) is 4.33. The van der Waals surface area contributed by atoms with Crippen LogP contribution in [0.25, 0.3) is 0 Å². The molecule has 6 heteroatoms. The van der Waals surface area contributed by atoms with Gasteiger partial charge in [0.2, 0.25) is 0 Å². The Labute approximate surface area is 134 Å². The Balaban J connectivity index is 2.16. The Morgan fingerprint density at radius 1 is 1.35 bits per heavy atom. The molecule has 23 heavy (non-hydrogen) atoms. The molecule has 1 aromatic carbocycles. The molecule has 0 aromatic heterocycles. The summed E-state index contributed by atoms with van der Waals surface area (Å²) in [6, 6.07) is 8.70. The van der Waals surface area contributed by atoms with Crippen LogP contribution in [-0.4, -0.2) is 18.5 Å². The highest BCUT2D eigenvalue weighted by Crippen LogP contribution is 2.34. The van der Waals surface area contributed by atoms with Crippen molar-refractivity contribution >= 4 is 11.9 Å². The number of benzene rings is 1. The number of rotatable bonds is 4. The van der Waals surface area contributed by atoms with Gasteiger partial charge in [-0.15, -0.1) is 0 Å². The molecule has 1 aliphatic rings. The van der Waals surface area contributed by atoms with E-state index in [1.165, 1.54) is 13.0 Å². The van der Waals surface area contributed by atoms with Crippen LogP contribution < -0.4 is 4.74 Å². The number of ether oxygens (including phenoxy) is 3. The first-order valence-corrected chi connectivity index (χ1v) is 7.27. The van der Waals surface area contributed by atoms with Gasteiger partial charge in [0.05, 0.1) is 12.5 Å². The maximum Gasteiger partial charge on any atom is 0.313 e. The van der Waals surface area contributed by atoms with E-state index in [-0.39, 0.29) is 18.3 Å². The molecule has 1 aromatic rings. The van der Waals surface area contributed by atoms with Crippen molar-refractivity contribution in [2.45, 2.75) is 26.4 Å². The van der Waals surface area contributed by atoms with Crippen molar-refractivity contribution in [3.05, 3.63) is 41.7 Å². The van der Waals surface area contributed by atoms with Gasteiger partial charge in [-0.2, -0.15) is 5.26 Å². The van der Waals surface area contributed by atoms with Crippen LogP contribution in [0.2, 0.25) is 0 Å². The molecule has 2 rings (SSSR count). The van der Waals surface area contributed by atoms with E-state index in [1.54, 1.807) is 31.2 Å². The lowest BCUT2D eigenvalue weighted by Crippen LogP contribution is -2.23. The van der Waals surface area contributed by atoms with Crippen molar-refractivity contribution in [1.29, 1.82) is 5.26 Å². The van der Waals surface area contributed by atoms with Crippen LogP contribution in [0.3, 0.4) is 0 Å². The molecule has 0 N–H and O–H groups in total. The summed E-state index contributed by atoms with van der Waals surface area (Å²) >= 11 is 0. The Morgan fingerprint density at radius 2 is 2.04 bits per heavy atom. The molecule has 0 bridgehead atoms. The van der Waals surface area contributed by atoms with E-state index in [4.69, 9.17) is 19.5 Å². The topological polar surface area (TPSA) is 85.6 Å². The van der Waals surface area contributed by atoms with Gasteiger partial charge in [-0.25, -0.2) is 0 Å². The largest absolute Gasteiger partial charge is 0.476 e. The summed E-state index contributed by atoms with van der Waals surface area (Å²) in [6.07, 6.45) is 1.44. The molecule has 1 aliphatic heterocycles. The Morgan fingerprint density at radius 3 is 2.61 bits per heavy atom. The van der Waals surface area contributed by atoms with Crippen LogP contribution in [-0.2, 0) is 19.1 Å². The first-order chi connectivity index (χ1) is 11.0. The molecule has 0 aliphatic carbocycles. The lowest BCUT2D eigenvalue weighted by Gasteiger charge is -2.26. The quantitative estimate of drug-likeness (QED) is 0.627. The average Bonchev–Trinajstić information content (AvgIpc) is 2.54. The van der Waals surface area contributed by atoms with Crippen LogP contribution >= 0.6 is 0 Å². The third-order valence-electron chi connectivity index (χ3n) is 3.30. The minimum absolute atomic E-state index is 0.100.